The summed E-state index contributed by atoms with van der Waals surface area (Å²) in [5, 5.41) is 9.83. The highest BCUT2D eigenvalue weighted by Crippen LogP contribution is 2.40. The van der Waals surface area contributed by atoms with Gasteiger partial charge in [0.15, 0.2) is 0 Å². The standard InChI is InChI=1S/C14H15ClF3NO4/c1-3-19(11(20)8-15)10-6-4-9(5-7-10)13(22,12(21)23-2)14(16,17)18/h4-7,22H,3,8H2,1-2H3/t13-/m0/s1. The van der Waals surface area contributed by atoms with Crippen molar-refractivity contribution in [3.05, 3.63) is 29.8 Å². The number of carbonyl (C=O) groups excluding carboxylic acids is 2. The summed E-state index contributed by atoms with van der Waals surface area (Å²) in [6, 6.07) is 4.18. The molecule has 0 saturated heterocycles. The number of hydrogen-bond donors (Lipinski definition) is 1. The highest BCUT2D eigenvalue weighted by molar-refractivity contribution is 6.29. The van der Waals surface area contributed by atoms with E-state index in [4.69, 9.17) is 11.6 Å². The van der Waals surface area contributed by atoms with Crippen LogP contribution in [0.1, 0.15) is 12.5 Å². The summed E-state index contributed by atoms with van der Waals surface area (Å²) in [5.74, 6) is -2.56. The molecule has 1 amide bonds. The Morgan fingerprint density at radius 3 is 2.13 bits per heavy atom. The summed E-state index contributed by atoms with van der Waals surface area (Å²) in [6.07, 6.45) is -5.27. The third-order valence-electron chi connectivity index (χ3n) is 3.22. The maximum Gasteiger partial charge on any atom is 0.432 e. The number of nitrogens with zero attached hydrogens (tertiary/aromatic N) is 1. The average Bonchev–Trinajstić information content (AvgIpc) is 2.53. The Morgan fingerprint density at radius 1 is 1.26 bits per heavy atom. The minimum absolute atomic E-state index is 0.255. The summed E-state index contributed by atoms with van der Waals surface area (Å²) in [4.78, 5) is 24.3. The first-order valence-electron chi connectivity index (χ1n) is 6.47. The van der Waals surface area contributed by atoms with E-state index >= 15 is 0 Å². The van der Waals surface area contributed by atoms with Crippen LogP contribution in [-0.4, -0.2) is 42.7 Å². The Balaban J connectivity index is 3.29. The molecule has 0 aliphatic rings. The van der Waals surface area contributed by atoms with Crippen LogP contribution < -0.4 is 4.90 Å². The molecule has 23 heavy (non-hydrogen) atoms. The van der Waals surface area contributed by atoms with Gasteiger partial charge >= 0.3 is 12.1 Å². The Bertz CT molecular complexity index is 576. The molecule has 0 radical (unpaired) electrons. The molecule has 1 rings (SSSR count). The Labute approximate surface area is 135 Å². The molecule has 5 nitrogen and oxygen atoms in total. The van der Waals surface area contributed by atoms with E-state index in [1.54, 1.807) is 6.92 Å². The van der Waals surface area contributed by atoms with Crippen LogP contribution in [0.25, 0.3) is 0 Å². The van der Waals surface area contributed by atoms with Crippen LogP contribution >= 0.6 is 11.6 Å². The van der Waals surface area contributed by atoms with Crippen molar-refractivity contribution in [2.75, 3.05) is 24.4 Å². The topological polar surface area (TPSA) is 66.8 Å². The molecule has 0 spiro atoms. The number of halogens is 4. The van der Waals surface area contributed by atoms with Crippen molar-refractivity contribution in [2.24, 2.45) is 0 Å². The molecule has 9 heteroatoms. The van der Waals surface area contributed by atoms with Crippen LogP contribution in [0.5, 0.6) is 0 Å². The first kappa shape index (κ1) is 19.2. The smallest absolute Gasteiger partial charge is 0.432 e. The van der Waals surface area contributed by atoms with Crippen molar-refractivity contribution >= 4 is 29.2 Å². The van der Waals surface area contributed by atoms with Crippen LogP contribution in [0, 0.1) is 0 Å². The van der Waals surface area contributed by atoms with E-state index in [0.29, 0.717) is 0 Å². The fraction of sp³-hybridized carbons (Fsp3) is 0.429. The summed E-state index contributed by atoms with van der Waals surface area (Å²) in [6.45, 7) is 1.92. The molecular formula is C14H15ClF3NO4. The van der Waals surface area contributed by atoms with E-state index in [-0.39, 0.29) is 18.1 Å². The van der Waals surface area contributed by atoms with Crippen molar-refractivity contribution in [3.8, 4) is 0 Å². The molecule has 0 saturated carbocycles. The van der Waals surface area contributed by atoms with Gasteiger partial charge in [0.25, 0.3) is 5.60 Å². The maximum absolute atomic E-state index is 13.1. The highest BCUT2D eigenvalue weighted by Gasteiger charge is 2.62. The molecule has 128 valence electrons. The van der Waals surface area contributed by atoms with Gasteiger partial charge in [-0.2, -0.15) is 13.2 Å². The molecule has 1 N–H and O–H groups in total. The number of amides is 1. The molecule has 1 aromatic rings. The third kappa shape index (κ3) is 3.59. The van der Waals surface area contributed by atoms with Gasteiger partial charge in [-0.05, 0) is 19.1 Å². The predicted molar refractivity (Wildman–Crippen MR) is 77.2 cm³/mol. The van der Waals surface area contributed by atoms with Crippen LogP contribution in [0.15, 0.2) is 24.3 Å². The number of anilines is 1. The monoisotopic (exact) mass is 353 g/mol. The van der Waals surface area contributed by atoms with Crippen molar-refractivity contribution in [3.63, 3.8) is 0 Å². The molecule has 1 atom stereocenters. The van der Waals surface area contributed by atoms with E-state index in [1.165, 1.54) is 17.0 Å². The Kier molecular flexibility index (Phi) is 6.01. The van der Waals surface area contributed by atoms with E-state index < -0.39 is 29.2 Å². The van der Waals surface area contributed by atoms with Gasteiger partial charge in [-0.1, -0.05) is 12.1 Å². The second-order valence-electron chi connectivity index (χ2n) is 4.52. The molecule has 0 heterocycles. The lowest BCUT2D eigenvalue weighted by Crippen LogP contribution is -2.49. The van der Waals surface area contributed by atoms with E-state index in [2.05, 4.69) is 4.74 Å². The highest BCUT2D eigenvalue weighted by atomic mass is 35.5. The number of aliphatic hydroxyl groups is 1. The number of methoxy groups -OCH3 is 1. The Hall–Kier alpha value is -1.80. The zero-order valence-electron chi connectivity index (χ0n) is 12.4. The molecule has 1 aromatic carbocycles. The van der Waals surface area contributed by atoms with Gasteiger partial charge in [-0.15, -0.1) is 11.6 Å². The van der Waals surface area contributed by atoms with Gasteiger partial charge < -0.3 is 14.7 Å². The number of hydrogen-bond acceptors (Lipinski definition) is 4. The number of rotatable bonds is 5. The lowest BCUT2D eigenvalue weighted by atomic mass is 9.93. The molecule has 0 fully saturated rings. The lowest BCUT2D eigenvalue weighted by molar-refractivity contribution is -0.266. The molecular weight excluding hydrogens is 339 g/mol. The van der Waals surface area contributed by atoms with E-state index in [9.17, 15) is 27.9 Å². The fourth-order valence-corrected chi connectivity index (χ4v) is 2.15. The largest absolute Gasteiger partial charge is 0.466 e. The predicted octanol–water partition coefficient (Wildman–Crippen LogP) is 2.20. The lowest BCUT2D eigenvalue weighted by Gasteiger charge is -2.28. The summed E-state index contributed by atoms with van der Waals surface area (Å²) >= 11 is 5.46. The number of esters is 1. The zero-order chi connectivity index (χ0) is 17.8. The first-order chi connectivity index (χ1) is 10.6. The van der Waals surface area contributed by atoms with Gasteiger partial charge in [0, 0.05) is 17.8 Å². The zero-order valence-corrected chi connectivity index (χ0v) is 13.1. The maximum atomic E-state index is 13.1. The molecule has 0 aromatic heterocycles. The minimum Gasteiger partial charge on any atom is -0.466 e. The van der Waals surface area contributed by atoms with Crippen molar-refractivity contribution in [1.29, 1.82) is 0 Å². The van der Waals surface area contributed by atoms with Crippen LogP contribution in [0.2, 0.25) is 0 Å². The van der Waals surface area contributed by atoms with Gasteiger partial charge in [0.1, 0.15) is 5.88 Å². The summed E-state index contributed by atoms with van der Waals surface area (Å²) in [7, 11) is 0.741. The SMILES string of the molecule is CCN(C(=O)CCl)c1ccc([C@](O)(C(=O)OC)C(F)(F)F)cc1. The van der Waals surface area contributed by atoms with Gasteiger partial charge in [-0.3, -0.25) is 4.79 Å². The first-order valence-corrected chi connectivity index (χ1v) is 7.01. The van der Waals surface area contributed by atoms with Gasteiger partial charge in [-0.25, -0.2) is 4.79 Å². The summed E-state index contributed by atoms with van der Waals surface area (Å²) < 4.78 is 43.4. The number of benzene rings is 1. The van der Waals surface area contributed by atoms with Crippen LogP contribution in [0.4, 0.5) is 18.9 Å². The average molecular weight is 354 g/mol. The second kappa shape index (κ2) is 7.18. The van der Waals surface area contributed by atoms with Crippen molar-refractivity contribution < 1.29 is 32.6 Å². The molecule has 0 aliphatic heterocycles. The second-order valence-corrected chi connectivity index (χ2v) is 4.79. The number of ether oxygens (including phenoxy) is 1. The molecule has 0 unspecified atom stereocenters. The number of carbonyl (C=O) groups is 2. The number of alkyl halides is 4. The van der Waals surface area contributed by atoms with Crippen molar-refractivity contribution in [1.82, 2.24) is 0 Å². The third-order valence-corrected chi connectivity index (χ3v) is 3.45. The molecule has 0 aliphatic carbocycles. The Morgan fingerprint density at radius 2 is 1.78 bits per heavy atom. The van der Waals surface area contributed by atoms with Crippen molar-refractivity contribution in [2.45, 2.75) is 18.7 Å². The minimum atomic E-state index is -5.27. The normalized spacial score (nSPS) is 14.0. The van der Waals surface area contributed by atoms with Crippen LogP contribution in [-0.2, 0) is 19.9 Å². The van der Waals surface area contributed by atoms with Crippen LogP contribution in [0.3, 0.4) is 0 Å². The quantitative estimate of drug-likeness (QED) is 0.651. The fourth-order valence-electron chi connectivity index (χ4n) is 2.00. The molecule has 0 bridgehead atoms. The van der Waals surface area contributed by atoms with E-state index in [0.717, 1.165) is 19.2 Å². The van der Waals surface area contributed by atoms with Gasteiger partial charge in [0.2, 0.25) is 5.91 Å². The van der Waals surface area contributed by atoms with E-state index in [1.807, 2.05) is 0 Å². The van der Waals surface area contributed by atoms with Gasteiger partial charge in [0.05, 0.1) is 7.11 Å². The summed E-state index contributed by atoms with van der Waals surface area (Å²) in [5.41, 5.74) is -4.21.